The zero-order valence-corrected chi connectivity index (χ0v) is 13.9. The molecule has 2 aromatic rings. The van der Waals surface area contributed by atoms with Crippen LogP contribution in [0.5, 0.6) is 0 Å². The van der Waals surface area contributed by atoms with Gasteiger partial charge < -0.3 is 14.6 Å². The van der Waals surface area contributed by atoms with Gasteiger partial charge in [0.15, 0.2) is 11.6 Å². The lowest BCUT2D eigenvalue weighted by Crippen LogP contribution is -2.27. The van der Waals surface area contributed by atoms with Crippen LogP contribution in [0.1, 0.15) is 54.9 Å². The van der Waals surface area contributed by atoms with Crippen molar-refractivity contribution in [3.05, 3.63) is 33.9 Å². The molecule has 2 aliphatic rings. The molecule has 1 saturated heterocycles. The molecule has 1 N–H and O–H groups in total. The van der Waals surface area contributed by atoms with E-state index >= 15 is 0 Å². The molecule has 6 nitrogen and oxygen atoms in total. The number of halogens is 1. The van der Waals surface area contributed by atoms with Gasteiger partial charge in [0.2, 0.25) is 5.43 Å². The molecule has 1 aliphatic carbocycles. The molecule has 0 atom stereocenters. The Bertz CT molecular complexity index is 897. The van der Waals surface area contributed by atoms with E-state index in [-0.39, 0.29) is 22.8 Å². The van der Waals surface area contributed by atoms with Gasteiger partial charge in [-0.1, -0.05) is 12.8 Å². The number of pyridine rings is 2. The van der Waals surface area contributed by atoms with Crippen molar-refractivity contribution in [3.8, 4) is 0 Å². The maximum atomic E-state index is 14.7. The van der Waals surface area contributed by atoms with Gasteiger partial charge in [0.05, 0.1) is 5.39 Å². The summed E-state index contributed by atoms with van der Waals surface area (Å²) in [4.78, 5) is 30.2. The Morgan fingerprint density at radius 2 is 1.88 bits per heavy atom. The number of hydrogen-bond donors (Lipinski definition) is 1. The number of hydrogen-bond acceptors (Lipinski definition) is 4. The summed E-state index contributed by atoms with van der Waals surface area (Å²) < 4.78 is 16.4. The van der Waals surface area contributed by atoms with Crippen LogP contribution >= 0.6 is 0 Å². The highest BCUT2D eigenvalue weighted by atomic mass is 19.1. The molecule has 132 valence electrons. The largest absolute Gasteiger partial charge is 0.477 e. The van der Waals surface area contributed by atoms with Crippen molar-refractivity contribution in [1.29, 1.82) is 0 Å². The fraction of sp³-hybridized carbons (Fsp3) is 0.500. The number of aromatic carboxylic acids is 1. The molecule has 3 heterocycles. The maximum absolute atomic E-state index is 14.7. The fourth-order valence-electron chi connectivity index (χ4n) is 3.53. The normalized spacial score (nSPS) is 18.4. The van der Waals surface area contributed by atoms with Crippen molar-refractivity contribution in [2.75, 3.05) is 18.0 Å². The minimum atomic E-state index is -1.29. The van der Waals surface area contributed by atoms with Gasteiger partial charge in [0.1, 0.15) is 11.2 Å². The van der Waals surface area contributed by atoms with E-state index in [0.29, 0.717) is 5.65 Å². The first-order valence-electron chi connectivity index (χ1n) is 8.80. The van der Waals surface area contributed by atoms with Crippen LogP contribution in [0, 0.1) is 5.82 Å². The Morgan fingerprint density at radius 3 is 2.48 bits per heavy atom. The van der Waals surface area contributed by atoms with E-state index in [1.807, 2.05) is 4.90 Å². The second kappa shape index (κ2) is 6.13. The SMILES string of the molecule is O=C(O)c1cn(C2CC2)c2nc(N3CCCCCC3)c(F)cc2c1=O. The average molecular weight is 345 g/mol. The molecule has 0 amide bonds. The van der Waals surface area contributed by atoms with Crippen molar-refractivity contribution >= 4 is 22.8 Å². The van der Waals surface area contributed by atoms with Crippen LogP contribution in [0.4, 0.5) is 10.2 Å². The number of rotatable bonds is 3. The molecular weight excluding hydrogens is 325 g/mol. The monoisotopic (exact) mass is 345 g/mol. The lowest BCUT2D eigenvalue weighted by Gasteiger charge is -2.23. The lowest BCUT2D eigenvalue weighted by molar-refractivity contribution is 0.0695. The van der Waals surface area contributed by atoms with E-state index in [1.165, 1.54) is 6.20 Å². The second-order valence-corrected chi connectivity index (χ2v) is 6.88. The Labute approximate surface area is 143 Å². The van der Waals surface area contributed by atoms with Crippen LogP contribution in [0.15, 0.2) is 17.1 Å². The van der Waals surface area contributed by atoms with Gasteiger partial charge in [0, 0.05) is 25.3 Å². The molecular formula is C18H20FN3O3. The Hall–Kier alpha value is -2.44. The molecule has 0 aromatic carbocycles. The third-order valence-corrected chi connectivity index (χ3v) is 5.02. The summed E-state index contributed by atoms with van der Waals surface area (Å²) in [6.45, 7) is 1.49. The summed E-state index contributed by atoms with van der Waals surface area (Å²) in [5.41, 5.74) is -0.616. The first kappa shape index (κ1) is 16.1. The molecule has 0 unspecified atom stereocenters. The molecule has 2 aromatic heterocycles. The topological polar surface area (TPSA) is 75.4 Å². The van der Waals surface area contributed by atoms with Crippen molar-refractivity contribution in [2.24, 2.45) is 0 Å². The zero-order valence-electron chi connectivity index (χ0n) is 13.9. The Balaban J connectivity index is 1.92. The highest BCUT2D eigenvalue weighted by Crippen LogP contribution is 2.37. The molecule has 2 fully saturated rings. The minimum absolute atomic E-state index is 0.0443. The first-order valence-corrected chi connectivity index (χ1v) is 8.80. The molecule has 0 radical (unpaired) electrons. The molecule has 0 bridgehead atoms. The van der Waals surface area contributed by atoms with Crippen LogP contribution in [-0.4, -0.2) is 33.7 Å². The molecule has 25 heavy (non-hydrogen) atoms. The Kier molecular flexibility index (Phi) is 3.94. The average Bonchev–Trinajstić information content (AvgIpc) is 3.42. The van der Waals surface area contributed by atoms with Crippen molar-refractivity contribution < 1.29 is 14.3 Å². The predicted octanol–water partition coefficient (Wildman–Crippen LogP) is 2.95. The van der Waals surface area contributed by atoms with E-state index in [9.17, 15) is 19.1 Å². The van der Waals surface area contributed by atoms with E-state index in [1.54, 1.807) is 4.57 Å². The number of anilines is 1. The number of carboxylic acid groups (broad SMARTS) is 1. The van der Waals surface area contributed by atoms with Crippen molar-refractivity contribution in [1.82, 2.24) is 9.55 Å². The number of nitrogens with zero attached hydrogens (tertiary/aromatic N) is 3. The van der Waals surface area contributed by atoms with Gasteiger partial charge >= 0.3 is 5.97 Å². The molecule has 0 spiro atoms. The van der Waals surface area contributed by atoms with Crippen LogP contribution in [0.25, 0.3) is 11.0 Å². The van der Waals surface area contributed by atoms with E-state index in [2.05, 4.69) is 4.98 Å². The predicted molar refractivity (Wildman–Crippen MR) is 91.9 cm³/mol. The first-order chi connectivity index (χ1) is 12.1. The quantitative estimate of drug-likeness (QED) is 0.926. The summed E-state index contributed by atoms with van der Waals surface area (Å²) in [6, 6.07) is 1.30. The summed E-state index contributed by atoms with van der Waals surface area (Å²) >= 11 is 0. The third-order valence-electron chi connectivity index (χ3n) is 5.02. The summed E-state index contributed by atoms with van der Waals surface area (Å²) in [5.74, 6) is -1.58. The van der Waals surface area contributed by atoms with Crippen molar-refractivity contribution in [2.45, 2.75) is 44.6 Å². The molecule has 1 saturated carbocycles. The van der Waals surface area contributed by atoms with Crippen LogP contribution in [0.2, 0.25) is 0 Å². The minimum Gasteiger partial charge on any atom is -0.477 e. The Morgan fingerprint density at radius 1 is 1.20 bits per heavy atom. The van der Waals surface area contributed by atoms with Crippen LogP contribution < -0.4 is 10.3 Å². The molecule has 4 rings (SSSR count). The second-order valence-electron chi connectivity index (χ2n) is 6.88. The summed E-state index contributed by atoms with van der Waals surface area (Å²) in [6.07, 6.45) is 7.42. The fourth-order valence-corrected chi connectivity index (χ4v) is 3.53. The molecule has 7 heteroatoms. The van der Waals surface area contributed by atoms with Gasteiger partial charge in [-0.3, -0.25) is 4.79 Å². The smallest absolute Gasteiger partial charge is 0.341 e. The number of aromatic nitrogens is 2. The number of carbonyl (C=O) groups is 1. The van der Waals surface area contributed by atoms with Gasteiger partial charge in [-0.15, -0.1) is 0 Å². The zero-order chi connectivity index (χ0) is 17.6. The maximum Gasteiger partial charge on any atom is 0.341 e. The van der Waals surface area contributed by atoms with E-state index in [0.717, 1.165) is 57.7 Å². The standard InChI is InChI=1S/C18H20FN3O3/c19-14-9-12-15(23)13(18(24)25)10-22(11-5-6-11)16(12)20-17(14)21-7-3-1-2-4-8-21/h9-11H,1-8H2,(H,24,25). The van der Waals surface area contributed by atoms with Gasteiger partial charge in [-0.05, 0) is 31.7 Å². The number of fused-ring (bicyclic) bond motifs is 1. The lowest BCUT2D eigenvalue weighted by atomic mass is 10.2. The van der Waals surface area contributed by atoms with Crippen LogP contribution in [-0.2, 0) is 0 Å². The highest BCUT2D eigenvalue weighted by molar-refractivity contribution is 5.92. The third kappa shape index (κ3) is 2.88. The summed E-state index contributed by atoms with van der Waals surface area (Å²) in [7, 11) is 0. The van der Waals surface area contributed by atoms with Crippen LogP contribution in [0.3, 0.4) is 0 Å². The van der Waals surface area contributed by atoms with E-state index < -0.39 is 17.2 Å². The van der Waals surface area contributed by atoms with Crippen molar-refractivity contribution in [3.63, 3.8) is 0 Å². The van der Waals surface area contributed by atoms with Gasteiger partial charge in [-0.25, -0.2) is 14.2 Å². The number of carboxylic acids is 1. The summed E-state index contributed by atoms with van der Waals surface area (Å²) in [5, 5.41) is 9.32. The highest BCUT2D eigenvalue weighted by Gasteiger charge is 2.28. The molecule has 1 aliphatic heterocycles. The van der Waals surface area contributed by atoms with E-state index in [4.69, 9.17) is 0 Å². The van der Waals surface area contributed by atoms with Gasteiger partial charge in [-0.2, -0.15) is 0 Å². The van der Waals surface area contributed by atoms with Gasteiger partial charge in [0.25, 0.3) is 0 Å².